The number of aromatic nitrogens is 1. The van der Waals surface area contributed by atoms with Crippen LogP contribution in [0, 0.1) is 0 Å². The first-order valence-corrected chi connectivity index (χ1v) is 21.1. The summed E-state index contributed by atoms with van der Waals surface area (Å²) < 4.78 is 15.1. The van der Waals surface area contributed by atoms with Gasteiger partial charge in [-0.15, -0.1) is 0 Å². The van der Waals surface area contributed by atoms with E-state index in [0.717, 1.165) is 83.9 Å². The molecule has 1 aliphatic rings. The van der Waals surface area contributed by atoms with Crippen molar-refractivity contribution in [3.8, 4) is 50.6 Å². The molecule has 0 N–H and O–H groups in total. The van der Waals surface area contributed by atoms with E-state index in [2.05, 4.69) is 204 Å². The van der Waals surface area contributed by atoms with Crippen LogP contribution in [0.15, 0.2) is 223 Å². The maximum atomic E-state index is 6.44. The third kappa shape index (κ3) is 5.33. The Hall–Kier alpha value is -8.34. The first-order chi connectivity index (χ1) is 30.7. The van der Waals surface area contributed by atoms with Crippen molar-refractivity contribution in [3.05, 3.63) is 218 Å². The molecule has 0 bridgehead atoms. The molecule has 10 aromatic carbocycles. The smallest absolute Gasteiger partial charge is 0.152 e. The lowest BCUT2D eigenvalue weighted by molar-refractivity contribution is 0.476. The summed E-state index contributed by atoms with van der Waals surface area (Å²) in [6, 6.07) is 78.2. The summed E-state index contributed by atoms with van der Waals surface area (Å²) in [5, 5.41) is 7.03. The van der Waals surface area contributed by atoms with Gasteiger partial charge < -0.3 is 18.6 Å². The minimum atomic E-state index is 0.862. The van der Waals surface area contributed by atoms with Crippen molar-refractivity contribution in [2.45, 2.75) is 0 Å². The number of anilines is 3. The van der Waals surface area contributed by atoms with Crippen molar-refractivity contribution in [1.82, 2.24) is 4.57 Å². The minimum Gasteiger partial charge on any atom is -0.456 e. The monoisotopic (exact) mass is 792 g/mol. The minimum absolute atomic E-state index is 0.862. The van der Waals surface area contributed by atoms with Gasteiger partial charge in [-0.2, -0.15) is 0 Å². The molecule has 0 atom stereocenters. The van der Waals surface area contributed by atoms with Crippen molar-refractivity contribution in [2.24, 2.45) is 0 Å². The van der Waals surface area contributed by atoms with E-state index in [9.17, 15) is 0 Å². The molecule has 0 spiro atoms. The van der Waals surface area contributed by atoms with Gasteiger partial charge >= 0.3 is 0 Å². The number of rotatable bonds is 6. The van der Waals surface area contributed by atoms with Crippen molar-refractivity contribution in [2.75, 3.05) is 4.90 Å². The largest absolute Gasteiger partial charge is 0.456 e. The van der Waals surface area contributed by atoms with Crippen LogP contribution in [0.1, 0.15) is 0 Å². The van der Waals surface area contributed by atoms with Crippen LogP contribution < -0.4 is 9.64 Å². The van der Waals surface area contributed by atoms with Crippen molar-refractivity contribution < 1.29 is 9.15 Å². The Kier molecular flexibility index (Phi) is 7.57. The second kappa shape index (κ2) is 13.6. The van der Waals surface area contributed by atoms with Gasteiger partial charge in [-0.25, -0.2) is 0 Å². The van der Waals surface area contributed by atoms with Crippen LogP contribution in [0.3, 0.4) is 0 Å². The van der Waals surface area contributed by atoms with Crippen molar-refractivity contribution in [3.63, 3.8) is 0 Å². The third-order valence-electron chi connectivity index (χ3n) is 12.6. The van der Waals surface area contributed by atoms with Gasteiger partial charge in [-0.1, -0.05) is 140 Å². The standard InChI is InChI=1S/C58H36N2O2/c1-2-16-44-38(12-1)13-10-19-45(44)40-15-9-14-39(34-40)37-26-29-42(30-27-37)59(43-31-33-55-50(36-43)47-18-4-7-23-54(47)61-55)51-21-5-3-17-46(51)41-28-32-52-49(35-41)48-20-11-25-57-58(48)60(52)53-22-6-8-24-56(53)62-57/h1-36H. The molecule has 0 saturated carbocycles. The van der Waals surface area contributed by atoms with Gasteiger partial charge in [-0.05, 0) is 117 Å². The van der Waals surface area contributed by atoms with Crippen LogP contribution in [0.25, 0.3) is 93.6 Å². The van der Waals surface area contributed by atoms with Gasteiger partial charge in [0, 0.05) is 38.5 Å². The van der Waals surface area contributed by atoms with Crippen LogP contribution in [-0.2, 0) is 0 Å². The fourth-order valence-corrected chi connectivity index (χ4v) is 9.72. The molecule has 0 saturated heterocycles. The predicted octanol–water partition coefficient (Wildman–Crippen LogP) is 16.4. The molecule has 62 heavy (non-hydrogen) atoms. The summed E-state index contributed by atoms with van der Waals surface area (Å²) in [6.07, 6.45) is 0. The van der Waals surface area contributed by atoms with Crippen LogP contribution >= 0.6 is 0 Å². The molecular formula is C58H36N2O2. The first kappa shape index (κ1) is 34.5. The fourth-order valence-electron chi connectivity index (χ4n) is 9.72. The number of ether oxygens (including phenoxy) is 1. The third-order valence-corrected chi connectivity index (χ3v) is 12.6. The molecule has 4 nitrogen and oxygen atoms in total. The predicted molar refractivity (Wildman–Crippen MR) is 257 cm³/mol. The molecular weight excluding hydrogens is 757 g/mol. The highest BCUT2D eigenvalue weighted by atomic mass is 16.5. The Morgan fingerprint density at radius 2 is 1.03 bits per heavy atom. The molecule has 4 heteroatoms. The Morgan fingerprint density at radius 3 is 1.98 bits per heavy atom. The maximum absolute atomic E-state index is 6.44. The summed E-state index contributed by atoms with van der Waals surface area (Å²) in [5.74, 6) is 1.73. The van der Waals surface area contributed by atoms with Crippen LogP contribution in [0.2, 0.25) is 0 Å². The zero-order chi connectivity index (χ0) is 40.7. The number of furan rings is 1. The number of fused-ring (bicyclic) bond motifs is 9. The molecule has 1 aliphatic heterocycles. The second-order valence-corrected chi connectivity index (χ2v) is 16.1. The molecule has 3 heterocycles. The highest BCUT2D eigenvalue weighted by molar-refractivity contribution is 6.13. The molecule has 12 aromatic rings. The van der Waals surface area contributed by atoms with Crippen molar-refractivity contribution in [1.29, 1.82) is 0 Å². The molecule has 290 valence electrons. The second-order valence-electron chi connectivity index (χ2n) is 16.1. The Bertz CT molecular complexity index is 3740. The van der Waals surface area contributed by atoms with Crippen LogP contribution in [0.5, 0.6) is 11.5 Å². The zero-order valence-corrected chi connectivity index (χ0v) is 33.5. The van der Waals surface area contributed by atoms with Gasteiger partial charge in [0.05, 0.1) is 22.4 Å². The number of nitrogens with zero attached hydrogens (tertiary/aromatic N) is 2. The molecule has 2 aromatic heterocycles. The van der Waals surface area contributed by atoms with Crippen molar-refractivity contribution >= 4 is 71.6 Å². The van der Waals surface area contributed by atoms with E-state index >= 15 is 0 Å². The molecule has 13 rings (SSSR count). The SMILES string of the molecule is c1cc(-c2ccc(N(c3ccc4oc5ccccc5c4c3)c3ccccc3-c3ccc4c(c3)c3cccc5c3n4-c3ccccc3O5)cc2)cc(-c2cccc3ccccc23)c1. The van der Waals surface area contributed by atoms with E-state index in [1.807, 2.05) is 24.3 Å². The van der Waals surface area contributed by atoms with Gasteiger partial charge in [-0.3, -0.25) is 0 Å². The Labute approximate surface area is 357 Å². The topological polar surface area (TPSA) is 30.5 Å². The summed E-state index contributed by atoms with van der Waals surface area (Å²) in [7, 11) is 0. The van der Waals surface area contributed by atoms with Gasteiger partial charge in [0.1, 0.15) is 11.2 Å². The highest BCUT2D eigenvalue weighted by Gasteiger charge is 2.25. The van der Waals surface area contributed by atoms with Gasteiger partial charge in [0.25, 0.3) is 0 Å². The average molecular weight is 793 g/mol. The average Bonchev–Trinajstić information content (AvgIpc) is 3.88. The Balaban J connectivity index is 0.965. The fraction of sp³-hybridized carbons (Fsp3) is 0. The normalized spacial score (nSPS) is 12.0. The van der Waals surface area contributed by atoms with Gasteiger partial charge in [0.2, 0.25) is 0 Å². The number of hydrogen-bond donors (Lipinski definition) is 0. The van der Waals surface area contributed by atoms with E-state index in [1.54, 1.807) is 0 Å². The van der Waals surface area contributed by atoms with Crippen LogP contribution in [0.4, 0.5) is 17.1 Å². The summed E-state index contributed by atoms with van der Waals surface area (Å²) in [6.45, 7) is 0. The summed E-state index contributed by atoms with van der Waals surface area (Å²) >= 11 is 0. The maximum Gasteiger partial charge on any atom is 0.152 e. The number of hydrogen-bond acceptors (Lipinski definition) is 3. The first-order valence-electron chi connectivity index (χ1n) is 21.1. The number of benzene rings is 10. The summed E-state index contributed by atoms with van der Waals surface area (Å²) in [5.41, 5.74) is 15.3. The van der Waals surface area contributed by atoms with E-state index in [0.29, 0.717) is 0 Å². The van der Waals surface area contributed by atoms with E-state index in [4.69, 9.17) is 9.15 Å². The van der Waals surface area contributed by atoms with E-state index in [-0.39, 0.29) is 0 Å². The molecule has 0 amide bonds. The van der Waals surface area contributed by atoms with E-state index < -0.39 is 0 Å². The molecule has 0 fully saturated rings. The van der Waals surface area contributed by atoms with Gasteiger partial charge in [0.15, 0.2) is 11.5 Å². The molecule has 0 unspecified atom stereocenters. The highest BCUT2D eigenvalue weighted by Crippen LogP contribution is 2.48. The Morgan fingerprint density at radius 1 is 0.371 bits per heavy atom. The lowest BCUT2D eigenvalue weighted by atomic mass is 9.95. The quantitative estimate of drug-likeness (QED) is 0.168. The molecule has 0 aliphatic carbocycles. The van der Waals surface area contributed by atoms with E-state index in [1.165, 1.54) is 38.2 Å². The molecule has 0 radical (unpaired) electrons. The lowest BCUT2D eigenvalue weighted by Crippen LogP contribution is -2.11. The van der Waals surface area contributed by atoms with Crippen LogP contribution in [-0.4, -0.2) is 4.57 Å². The lowest BCUT2D eigenvalue weighted by Gasteiger charge is -2.28. The number of para-hydroxylation sites is 5. The summed E-state index contributed by atoms with van der Waals surface area (Å²) in [4.78, 5) is 2.39. The zero-order valence-electron chi connectivity index (χ0n) is 33.5.